The molecule has 0 radical (unpaired) electrons. The highest BCUT2D eigenvalue weighted by Gasteiger charge is 2.33. The number of nitrogens with one attached hydrogen (secondary N) is 2. The van der Waals surface area contributed by atoms with Crippen LogP contribution in [0.2, 0.25) is 0 Å². The monoisotopic (exact) mass is 427 g/mol. The molecular weight excluding hydrogens is 407 g/mol. The van der Waals surface area contributed by atoms with Crippen molar-refractivity contribution in [2.75, 3.05) is 0 Å². The molecule has 160 valence electrons. The highest BCUT2D eigenvalue weighted by Crippen LogP contribution is 2.33. The van der Waals surface area contributed by atoms with Gasteiger partial charge in [0.25, 0.3) is 5.56 Å². The van der Waals surface area contributed by atoms with Gasteiger partial charge in [-0.3, -0.25) is 9.59 Å². The Morgan fingerprint density at radius 1 is 1.10 bits per heavy atom. The van der Waals surface area contributed by atoms with Crippen LogP contribution in [-0.2, 0) is 17.5 Å². The van der Waals surface area contributed by atoms with Crippen LogP contribution in [0.3, 0.4) is 0 Å². The molecule has 8 heteroatoms. The van der Waals surface area contributed by atoms with Crippen LogP contribution in [0.15, 0.2) is 65.5 Å². The number of rotatable bonds is 4. The number of para-hydroxylation sites is 1. The van der Waals surface area contributed by atoms with Crippen LogP contribution in [0.4, 0.5) is 13.2 Å². The molecule has 5 nitrogen and oxygen atoms in total. The minimum atomic E-state index is -4.44. The molecule has 2 aromatic carbocycles. The molecule has 0 saturated carbocycles. The van der Waals surface area contributed by atoms with Gasteiger partial charge in [-0.1, -0.05) is 36.4 Å². The van der Waals surface area contributed by atoms with E-state index in [1.807, 2.05) is 12.2 Å². The molecule has 1 aromatic heterocycles. The summed E-state index contributed by atoms with van der Waals surface area (Å²) < 4.78 is 38.7. The number of alkyl halides is 3. The van der Waals surface area contributed by atoms with Gasteiger partial charge in [-0.25, -0.2) is 4.98 Å². The molecule has 3 aromatic rings. The first kappa shape index (κ1) is 20.8. The molecule has 1 aliphatic rings. The maximum atomic E-state index is 12.9. The van der Waals surface area contributed by atoms with Gasteiger partial charge in [0.05, 0.1) is 22.4 Å². The van der Waals surface area contributed by atoms with E-state index in [2.05, 4.69) is 15.3 Å². The summed E-state index contributed by atoms with van der Waals surface area (Å²) in [6.07, 6.45) is 0.381. The van der Waals surface area contributed by atoms with Crippen LogP contribution in [0, 0.1) is 5.92 Å². The lowest BCUT2D eigenvalue weighted by Gasteiger charge is -2.27. The van der Waals surface area contributed by atoms with Crippen molar-refractivity contribution >= 4 is 16.8 Å². The van der Waals surface area contributed by atoms with Crippen LogP contribution in [0.1, 0.15) is 35.7 Å². The SMILES string of the molecule is O=C(NCc1cccc(C(F)(F)F)c1)[C@@H]1CC=CC[C@@H]1c1nc2ccccc2c(=O)[nH]1. The Hall–Kier alpha value is -3.42. The Labute approximate surface area is 176 Å². The van der Waals surface area contributed by atoms with Gasteiger partial charge in [0, 0.05) is 12.5 Å². The molecule has 0 spiro atoms. The summed E-state index contributed by atoms with van der Waals surface area (Å²) in [6.45, 7) is -0.0165. The first-order chi connectivity index (χ1) is 14.8. The van der Waals surface area contributed by atoms with Gasteiger partial charge in [-0.05, 0) is 42.7 Å². The van der Waals surface area contributed by atoms with Crippen molar-refractivity contribution in [2.24, 2.45) is 5.92 Å². The molecule has 1 heterocycles. The predicted molar refractivity (Wildman–Crippen MR) is 110 cm³/mol. The molecule has 1 aliphatic carbocycles. The quantitative estimate of drug-likeness (QED) is 0.610. The van der Waals surface area contributed by atoms with Gasteiger partial charge in [0.2, 0.25) is 5.91 Å². The van der Waals surface area contributed by atoms with E-state index in [0.29, 0.717) is 35.1 Å². The maximum Gasteiger partial charge on any atom is 0.416 e. The normalized spacial score (nSPS) is 18.8. The lowest BCUT2D eigenvalue weighted by molar-refractivity contribution is -0.137. The summed E-state index contributed by atoms with van der Waals surface area (Å²) in [7, 11) is 0. The molecule has 1 amide bonds. The van der Waals surface area contributed by atoms with Crippen molar-refractivity contribution in [3.63, 3.8) is 0 Å². The average molecular weight is 427 g/mol. The number of hydrogen-bond donors (Lipinski definition) is 2. The second-order valence-corrected chi connectivity index (χ2v) is 7.54. The smallest absolute Gasteiger partial charge is 0.352 e. The fourth-order valence-corrected chi connectivity index (χ4v) is 3.86. The van der Waals surface area contributed by atoms with E-state index in [4.69, 9.17) is 0 Å². The Morgan fingerprint density at radius 3 is 2.68 bits per heavy atom. The second-order valence-electron chi connectivity index (χ2n) is 7.54. The first-order valence-electron chi connectivity index (χ1n) is 9.91. The fourth-order valence-electron chi connectivity index (χ4n) is 3.86. The molecule has 0 unspecified atom stereocenters. The minimum absolute atomic E-state index is 0.0165. The van der Waals surface area contributed by atoms with Crippen LogP contribution >= 0.6 is 0 Å². The van der Waals surface area contributed by atoms with Gasteiger partial charge < -0.3 is 10.3 Å². The minimum Gasteiger partial charge on any atom is -0.352 e. The Balaban J connectivity index is 1.54. The number of nitrogens with zero attached hydrogens (tertiary/aromatic N) is 1. The summed E-state index contributed by atoms with van der Waals surface area (Å²) >= 11 is 0. The van der Waals surface area contributed by atoms with Crippen LogP contribution < -0.4 is 10.9 Å². The van der Waals surface area contributed by atoms with Crippen LogP contribution in [0.25, 0.3) is 10.9 Å². The van der Waals surface area contributed by atoms with E-state index in [-0.39, 0.29) is 23.9 Å². The van der Waals surface area contributed by atoms with Crippen molar-refractivity contribution in [3.8, 4) is 0 Å². The third-order valence-electron chi connectivity index (χ3n) is 5.47. The average Bonchev–Trinajstić information content (AvgIpc) is 2.77. The molecule has 2 atom stereocenters. The zero-order valence-electron chi connectivity index (χ0n) is 16.4. The fraction of sp³-hybridized carbons (Fsp3) is 0.261. The summed E-state index contributed by atoms with van der Waals surface area (Å²) in [5.74, 6) is -0.668. The van der Waals surface area contributed by atoms with E-state index in [0.717, 1.165) is 12.1 Å². The first-order valence-corrected chi connectivity index (χ1v) is 9.91. The molecule has 0 bridgehead atoms. The van der Waals surface area contributed by atoms with Crippen molar-refractivity contribution in [3.05, 3.63) is 88.0 Å². The molecule has 0 saturated heterocycles. The van der Waals surface area contributed by atoms with Gasteiger partial charge >= 0.3 is 6.18 Å². The number of allylic oxidation sites excluding steroid dienone is 2. The number of aromatic amines is 1. The van der Waals surface area contributed by atoms with Crippen molar-refractivity contribution < 1.29 is 18.0 Å². The lowest BCUT2D eigenvalue weighted by atomic mass is 9.81. The molecule has 4 rings (SSSR count). The summed E-state index contributed by atoms with van der Waals surface area (Å²) in [4.78, 5) is 32.7. The molecule has 2 N–H and O–H groups in total. The maximum absolute atomic E-state index is 12.9. The number of halogens is 3. The molecule has 0 fully saturated rings. The van der Waals surface area contributed by atoms with E-state index in [9.17, 15) is 22.8 Å². The Bertz CT molecular complexity index is 1200. The van der Waals surface area contributed by atoms with Crippen LogP contribution in [-0.4, -0.2) is 15.9 Å². The van der Waals surface area contributed by atoms with E-state index >= 15 is 0 Å². The van der Waals surface area contributed by atoms with Gasteiger partial charge in [-0.2, -0.15) is 13.2 Å². The topological polar surface area (TPSA) is 74.8 Å². The largest absolute Gasteiger partial charge is 0.416 e. The van der Waals surface area contributed by atoms with Crippen molar-refractivity contribution in [1.82, 2.24) is 15.3 Å². The number of carbonyl (C=O) groups is 1. The van der Waals surface area contributed by atoms with E-state index < -0.39 is 17.7 Å². The highest BCUT2D eigenvalue weighted by molar-refractivity contribution is 5.80. The number of fused-ring (bicyclic) bond motifs is 1. The van der Waals surface area contributed by atoms with Crippen LogP contribution in [0.5, 0.6) is 0 Å². The lowest BCUT2D eigenvalue weighted by Crippen LogP contribution is -2.35. The van der Waals surface area contributed by atoms with Gasteiger partial charge in [0.1, 0.15) is 5.82 Å². The number of amides is 1. The Kier molecular flexibility index (Phi) is 5.63. The standard InChI is InChI=1S/C23H20F3N3O2/c24-23(25,26)15-7-5-6-14(12-15)13-27-21(30)17-9-2-1-8-16(17)20-28-19-11-4-3-10-18(19)22(31)29-20/h1-7,10-12,16-17H,8-9,13H2,(H,27,30)(H,28,29,31)/t16-,17+/m0/s1. The summed E-state index contributed by atoms with van der Waals surface area (Å²) in [5, 5.41) is 3.21. The molecule has 0 aliphatic heterocycles. The predicted octanol–water partition coefficient (Wildman–Crippen LogP) is 4.31. The van der Waals surface area contributed by atoms with Gasteiger partial charge in [-0.15, -0.1) is 0 Å². The summed E-state index contributed by atoms with van der Waals surface area (Å²) in [5.41, 5.74) is -0.101. The zero-order chi connectivity index (χ0) is 22.0. The second kappa shape index (κ2) is 8.37. The van der Waals surface area contributed by atoms with E-state index in [1.165, 1.54) is 12.1 Å². The molecular formula is C23H20F3N3O2. The molecule has 31 heavy (non-hydrogen) atoms. The number of carbonyl (C=O) groups excluding carboxylic acids is 1. The highest BCUT2D eigenvalue weighted by atomic mass is 19.4. The number of H-pyrrole nitrogens is 1. The van der Waals surface area contributed by atoms with Gasteiger partial charge in [0.15, 0.2) is 0 Å². The number of hydrogen-bond acceptors (Lipinski definition) is 3. The third-order valence-corrected chi connectivity index (χ3v) is 5.47. The van der Waals surface area contributed by atoms with Crippen molar-refractivity contribution in [2.45, 2.75) is 31.5 Å². The van der Waals surface area contributed by atoms with E-state index in [1.54, 1.807) is 24.3 Å². The number of benzene rings is 2. The zero-order valence-corrected chi connectivity index (χ0v) is 16.4. The summed E-state index contributed by atoms with van der Waals surface area (Å²) in [6, 6.07) is 11.9. The number of aromatic nitrogens is 2. The Morgan fingerprint density at radius 2 is 1.87 bits per heavy atom. The third kappa shape index (κ3) is 4.52. The van der Waals surface area contributed by atoms with Crippen molar-refractivity contribution in [1.29, 1.82) is 0 Å².